The number of nitrogens with one attached hydrogen (secondary N) is 1. The monoisotopic (exact) mass is 266 g/mol. The van der Waals surface area contributed by atoms with E-state index >= 15 is 0 Å². The molecule has 0 radical (unpaired) electrons. The number of rotatable bonds is 5. The van der Waals surface area contributed by atoms with Crippen molar-refractivity contribution in [2.75, 3.05) is 26.2 Å². The highest BCUT2D eigenvalue weighted by molar-refractivity contribution is 6.30. The van der Waals surface area contributed by atoms with Crippen LogP contribution in [-0.4, -0.2) is 31.1 Å². The van der Waals surface area contributed by atoms with E-state index in [9.17, 15) is 0 Å². The minimum atomic E-state index is 0.401. The number of benzene rings is 1. The Kier molecular flexibility index (Phi) is 5.04. The van der Waals surface area contributed by atoms with Gasteiger partial charge in [0.05, 0.1) is 0 Å². The zero-order valence-electron chi connectivity index (χ0n) is 11.3. The Hall–Kier alpha value is -0.570. The van der Waals surface area contributed by atoms with Crippen molar-refractivity contribution in [1.29, 1.82) is 0 Å². The van der Waals surface area contributed by atoms with Crippen molar-refractivity contribution in [3.8, 4) is 0 Å². The lowest BCUT2D eigenvalue weighted by atomic mass is 10.1. The summed E-state index contributed by atoms with van der Waals surface area (Å²) in [6, 6.07) is 8.53. The molecule has 0 spiro atoms. The van der Waals surface area contributed by atoms with Crippen molar-refractivity contribution in [2.24, 2.45) is 5.92 Å². The van der Waals surface area contributed by atoms with E-state index in [-0.39, 0.29) is 0 Å². The van der Waals surface area contributed by atoms with E-state index in [1.807, 2.05) is 12.1 Å². The molecule has 1 heterocycles. The normalized spacial score (nSPS) is 22.3. The fourth-order valence-electron chi connectivity index (χ4n) is 2.58. The molecule has 0 saturated carbocycles. The van der Waals surface area contributed by atoms with Crippen LogP contribution in [0.4, 0.5) is 0 Å². The quantitative estimate of drug-likeness (QED) is 0.880. The van der Waals surface area contributed by atoms with Crippen molar-refractivity contribution in [3.63, 3.8) is 0 Å². The van der Waals surface area contributed by atoms with E-state index in [4.69, 9.17) is 11.6 Å². The molecule has 0 amide bonds. The molecule has 1 fully saturated rings. The highest BCUT2D eigenvalue weighted by Gasteiger charge is 2.21. The summed E-state index contributed by atoms with van der Waals surface area (Å²) in [5.41, 5.74) is 1.31. The van der Waals surface area contributed by atoms with Crippen LogP contribution in [0, 0.1) is 5.92 Å². The standard InChI is InChI=1S/C15H23ClN2/c1-3-18-9-8-13(11-18)10-17-12(2)14-4-6-15(16)7-5-14/h4-7,12-13,17H,3,8-11H2,1-2H3. The maximum absolute atomic E-state index is 5.90. The van der Waals surface area contributed by atoms with Crippen LogP contribution in [0.25, 0.3) is 0 Å². The fourth-order valence-corrected chi connectivity index (χ4v) is 2.71. The topological polar surface area (TPSA) is 15.3 Å². The molecule has 0 aromatic heterocycles. The molecule has 2 atom stereocenters. The molecule has 1 aromatic rings. The molecule has 1 aliphatic heterocycles. The smallest absolute Gasteiger partial charge is 0.0406 e. The Bertz CT molecular complexity index is 363. The van der Waals surface area contributed by atoms with E-state index in [0.29, 0.717) is 6.04 Å². The first-order chi connectivity index (χ1) is 8.69. The largest absolute Gasteiger partial charge is 0.310 e. The SMILES string of the molecule is CCN1CCC(CNC(C)c2ccc(Cl)cc2)C1. The predicted molar refractivity (Wildman–Crippen MR) is 78.1 cm³/mol. The van der Waals surface area contributed by atoms with Gasteiger partial charge in [-0.2, -0.15) is 0 Å². The van der Waals surface area contributed by atoms with E-state index < -0.39 is 0 Å². The van der Waals surface area contributed by atoms with Crippen LogP contribution in [0.2, 0.25) is 5.02 Å². The summed E-state index contributed by atoms with van der Waals surface area (Å²) in [7, 11) is 0. The molecule has 0 bridgehead atoms. The number of hydrogen-bond acceptors (Lipinski definition) is 2. The third kappa shape index (κ3) is 3.71. The lowest BCUT2D eigenvalue weighted by Gasteiger charge is -2.18. The van der Waals surface area contributed by atoms with E-state index in [1.165, 1.54) is 31.6 Å². The molecule has 100 valence electrons. The highest BCUT2D eigenvalue weighted by atomic mass is 35.5. The minimum Gasteiger partial charge on any atom is -0.310 e. The molecule has 2 unspecified atom stereocenters. The van der Waals surface area contributed by atoms with E-state index in [2.05, 4.69) is 36.2 Å². The summed E-state index contributed by atoms with van der Waals surface area (Å²) in [5.74, 6) is 0.805. The van der Waals surface area contributed by atoms with Gasteiger partial charge in [0.15, 0.2) is 0 Å². The number of halogens is 1. The van der Waals surface area contributed by atoms with Crippen molar-refractivity contribution in [1.82, 2.24) is 10.2 Å². The molecule has 1 N–H and O–H groups in total. The average Bonchev–Trinajstić information content (AvgIpc) is 2.85. The lowest BCUT2D eigenvalue weighted by molar-refractivity contribution is 0.336. The molecule has 2 rings (SSSR count). The van der Waals surface area contributed by atoms with Gasteiger partial charge >= 0.3 is 0 Å². The Morgan fingerprint density at radius 3 is 2.72 bits per heavy atom. The van der Waals surface area contributed by atoms with Crippen LogP contribution < -0.4 is 5.32 Å². The van der Waals surface area contributed by atoms with Gasteiger partial charge in [0.1, 0.15) is 0 Å². The first kappa shape index (κ1) is 13.9. The molecule has 0 aliphatic carbocycles. The summed E-state index contributed by atoms with van der Waals surface area (Å²) in [4.78, 5) is 2.53. The van der Waals surface area contributed by atoms with E-state index in [1.54, 1.807) is 0 Å². The van der Waals surface area contributed by atoms with Crippen LogP contribution in [0.3, 0.4) is 0 Å². The summed E-state index contributed by atoms with van der Waals surface area (Å²) in [6.45, 7) is 9.26. The minimum absolute atomic E-state index is 0.401. The van der Waals surface area contributed by atoms with Crippen molar-refractivity contribution in [2.45, 2.75) is 26.3 Å². The molecular formula is C15H23ClN2. The summed E-state index contributed by atoms with van der Waals surface area (Å²) >= 11 is 5.90. The van der Waals surface area contributed by atoms with E-state index in [0.717, 1.165) is 17.5 Å². The van der Waals surface area contributed by atoms with Gasteiger partial charge in [0, 0.05) is 17.6 Å². The molecule has 2 nitrogen and oxygen atoms in total. The Labute approximate surface area is 115 Å². The summed E-state index contributed by atoms with van der Waals surface area (Å²) < 4.78 is 0. The Morgan fingerprint density at radius 1 is 1.39 bits per heavy atom. The maximum atomic E-state index is 5.90. The molecule has 3 heteroatoms. The average molecular weight is 267 g/mol. The van der Waals surface area contributed by atoms with Crippen LogP contribution in [0.5, 0.6) is 0 Å². The number of likely N-dealkylation sites (tertiary alicyclic amines) is 1. The summed E-state index contributed by atoms with van der Waals surface area (Å²) in [5, 5.41) is 4.44. The van der Waals surface area contributed by atoms with Gasteiger partial charge in [-0.1, -0.05) is 30.7 Å². The second-order valence-corrected chi connectivity index (χ2v) is 5.67. The molecule has 18 heavy (non-hydrogen) atoms. The predicted octanol–water partition coefficient (Wildman–Crippen LogP) is 3.33. The van der Waals surface area contributed by atoms with Crippen LogP contribution in [-0.2, 0) is 0 Å². The van der Waals surface area contributed by atoms with Gasteiger partial charge in [-0.05, 0) is 56.6 Å². The van der Waals surface area contributed by atoms with Crippen LogP contribution in [0.15, 0.2) is 24.3 Å². The van der Waals surface area contributed by atoms with Gasteiger partial charge in [0.25, 0.3) is 0 Å². The fraction of sp³-hybridized carbons (Fsp3) is 0.600. The van der Waals surface area contributed by atoms with Crippen LogP contribution in [0.1, 0.15) is 31.9 Å². The first-order valence-corrected chi connectivity index (χ1v) is 7.28. The molecular weight excluding hydrogens is 244 g/mol. The first-order valence-electron chi connectivity index (χ1n) is 6.90. The number of nitrogens with zero attached hydrogens (tertiary/aromatic N) is 1. The second-order valence-electron chi connectivity index (χ2n) is 5.23. The van der Waals surface area contributed by atoms with Gasteiger partial charge in [-0.25, -0.2) is 0 Å². The Morgan fingerprint density at radius 2 is 2.11 bits per heavy atom. The third-order valence-corrected chi connectivity index (χ3v) is 4.15. The van der Waals surface area contributed by atoms with Crippen molar-refractivity contribution >= 4 is 11.6 Å². The molecule has 1 aromatic carbocycles. The van der Waals surface area contributed by atoms with Crippen LogP contribution >= 0.6 is 11.6 Å². The highest BCUT2D eigenvalue weighted by Crippen LogP contribution is 2.18. The zero-order valence-corrected chi connectivity index (χ0v) is 12.1. The second kappa shape index (κ2) is 6.55. The van der Waals surface area contributed by atoms with Gasteiger partial charge in [-0.3, -0.25) is 0 Å². The van der Waals surface area contributed by atoms with Gasteiger partial charge < -0.3 is 10.2 Å². The third-order valence-electron chi connectivity index (χ3n) is 3.90. The Balaban J connectivity index is 1.78. The zero-order chi connectivity index (χ0) is 13.0. The van der Waals surface area contributed by atoms with Crippen molar-refractivity contribution in [3.05, 3.63) is 34.9 Å². The number of hydrogen-bond donors (Lipinski definition) is 1. The van der Waals surface area contributed by atoms with Gasteiger partial charge in [-0.15, -0.1) is 0 Å². The maximum Gasteiger partial charge on any atom is 0.0406 e. The lowest BCUT2D eigenvalue weighted by Crippen LogP contribution is -2.28. The molecule has 1 aliphatic rings. The molecule has 1 saturated heterocycles. The van der Waals surface area contributed by atoms with Gasteiger partial charge in [0.2, 0.25) is 0 Å². The van der Waals surface area contributed by atoms with Crippen molar-refractivity contribution < 1.29 is 0 Å². The summed E-state index contributed by atoms with van der Waals surface area (Å²) in [6.07, 6.45) is 1.33.